The third kappa shape index (κ3) is 2.36. The summed E-state index contributed by atoms with van der Waals surface area (Å²) in [7, 11) is 0. The Balaban J connectivity index is 1.75. The predicted octanol–water partition coefficient (Wildman–Crippen LogP) is 3.09. The Morgan fingerprint density at radius 2 is 2.00 bits per heavy atom. The Labute approximate surface area is 104 Å². The van der Waals surface area contributed by atoms with Crippen molar-refractivity contribution < 1.29 is 13.2 Å². The van der Waals surface area contributed by atoms with Crippen molar-refractivity contribution in [2.45, 2.75) is 37.9 Å². The summed E-state index contributed by atoms with van der Waals surface area (Å²) in [4.78, 5) is 3.75. The second-order valence-electron chi connectivity index (χ2n) is 5.17. The zero-order valence-corrected chi connectivity index (χ0v) is 9.93. The first-order valence-electron chi connectivity index (χ1n) is 6.34. The summed E-state index contributed by atoms with van der Waals surface area (Å²) in [5, 5.41) is 3.44. The van der Waals surface area contributed by atoms with Gasteiger partial charge < -0.3 is 5.32 Å². The molecule has 0 radical (unpaired) electrons. The van der Waals surface area contributed by atoms with Crippen molar-refractivity contribution in [3.05, 3.63) is 29.1 Å². The highest BCUT2D eigenvalue weighted by atomic mass is 19.4. The molecule has 18 heavy (non-hydrogen) atoms. The van der Waals surface area contributed by atoms with E-state index in [0.717, 1.165) is 30.5 Å². The average molecular weight is 256 g/mol. The van der Waals surface area contributed by atoms with Gasteiger partial charge in [-0.05, 0) is 49.8 Å². The van der Waals surface area contributed by atoms with Gasteiger partial charge in [0.15, 0.2) is 0 Å². The van der Waals surface area contributed by atoms with Crippen LogP contribution in [-0.2, 0) is 12.6 Å². The molecule has 0 amide bonds. The maximum Gasteiger partial charge on any atom is 0.433 e. The van der Waals surface area contributed by atoms with E-state index in [9.17, 15) is 13.2 Å². The fourth-order valence-electron chi connectivity index (χ4n) is 2.47. The van der Waals surface area contributed by atoms with E-state index in [0.29, 0.717) is 12.1 Å². The molecule has 1 aromatic rings. The summed E-state index contributed by atoms with van der Waals surface area (Å²) >= 11 is 0. The Morgan fingerprint density at radius 1 is 1.22 bits per heavy atom. The van der Waals surface area contributed by atoms with Crippen molar-refractivity contribution in [3.63, 3.8) is 0 Å². The van der Waals surface area contributed by atoms with Gasteiger partial charge in [-0.25, -0.2) is 4.98 Å². The number of nitrogens with one attached hydrogen (secondary N) is 1. The van der Waals surface area contributed by atoms with Gasteiger partial charge in [-0.3, -0.25) is 0 Å². The van der Waals surface area contributed by atoms with Crippen molar-refractivity contribution in [3.8, 4) is 0 Å². The molecule has 0 saturated heterocycles. The number of nitrogens with zero attached hydrogens (tertiary/aromatic N) is 1. The van der Waals surface area contributed by atoms with Gasteiger partial charge in [-0.15, -0.1) is 0 Å². The third-order valence-electron chi connectivity index (χ3n) is 3.69. The molecule has 1 saturated carbocycles. The Hall–Kier alpha value is -1.10. The number of rotatable bonds is 3. The molecule has 2 nitrogen and oxygen atoms in total. The Bertz CT molecular complexity index is 452. The molecule has 3 rings (SSSR count). The zero-order valence-electron chi connectivity index (χ0n) is 9.93. The fourth-order valence-corrected chi connectivity index (χ4v) is 2.47. The quantitative estimate of drug-likeness (QED) is 0.899. The normalized spacial score (nSPS) is 23.2. The van der Waals surface area contributed by atoms with Gasteiger partial charge >= 0.3 is 6.18 Å². The summed E-state index contributed by atoms with van der Waals surface area (Å²) < 4.78 is 37.6. The summed E-state index contributed by atoms with van der Waals surface area (Å²) in [5.41, 5.74) is 0.783. The van der Waals surface area contributed by atoms with E-state index in [1.165, 1.54) is 12.8 Å². The molecule has 98 valence electrons. The molecule has 1 atom stereocenters. The molecule has 0 unspecified atom stereocenters. The second kappa shape index (κ2) is 4.23. The van der Waals surface area contributed by atoms with Crippen molar-refractivity contribution in [1.29, 1.82) is 0 Å². The maximum absolute atomic E-state index is 12.5. The molecule has 1 fully saturated rings. The van der Waals surface area contributed by atoms with Gasteiger partial charge in [0.1, 0.15) is 5.69 Å². The summed E-state index contributed by atoms with van der Waals surface area (Å²) in [6.45, 7) is 0.977. The van der Waals surface area contributed by atoms with E-state index < -0.39 is 11.9 Å². The number of alkyl halides is 3. The van der Waals surface area contributed by atoms with Crippen molar-refractivity contribution in [1.82, 2.24) is 10.3 Å². The van der Waals surface area contributed by atoms with Crippen LogP contribution in [-0.4, -0.2) is 11.5 Å². The lowest BCUT2D eigenvalue weighted by molar-refractivity contribution is -0.141. The van der Waals surface area contributed by atoms with Gasteiger partial charge in [-0.2, -0.15) is 13.2 Å². The highest BCUT2D eigenvalue weighted by molar-refractivity contribution is 5.31. The zero-order chi connectivity index (χ0) is 12.8. The van der Waals surface area contributed by atoms with Crippen LogP contribution in [0.3, 0.4) is 0 Å². The number of hydrogen-bond acceptors (Lipinski definition) is 2. The van der Waals surface area contributed by atoms with E-state index in [1.54, 1.807) is 6.07 Å². The molecule has 1 aromatic heterocycles. The molecule has 2 aliphatic carbocycles. The minimum Gasteiger partial charge on any atom is -0.310 e. The molecular formula is C13H15F3N2. The second-order valence-corrected chi connectivity index (χ2v) is 5.17. The van der Waals surface area contributed by atoms with Crippen molar-refractivity contribution >= 4 is 0 Å². The first kappa shape index (κ1) is 12.0. The van der Waals surface area contributed by atoms with Gasteiger partial charge in [0.25, 0.3) is 0 Å². The standard InChI is InChI=1S/C13H15F3N2/c14-13(15,16)12-6-3-9-10(4-5-11(9)18-12)17-7-8-1-2-8/h3,6,8,10,17H,1-2,4-5,7H2/t10-/m1/s1. The van der Waals surface area contributed by atoms with Gasteiger partial charge in [0.05, 0.1) is 0 Å². The van der Waals surface area contributed by atoms with E-state index in [4.69, 9.17) is 0 Å². The summed E-state index contributed by atoms with van der Waals surface area (Å²) in [5.74, 6) is 0.774. The van der Waals surface area contributed by atoms with Gasteiger partial charge in [0.2, 0.25) is 0 Å². The lowest BCUT2D eigenvalue weighted by atomic mass is 10.1. The van der Waals surface area contributed by atoms with Crippen LogP contribution in [0.25, 0.3) is 0 Å². The van der Waals surface area contributed by atoms with Crippen LogP contribution in [0.1, 0.15) is 42.3 Å². The third-order valence-corrected chi connectivity index (χ3v) is 3.69. The number of aromatic nitrogens is 1. The topological polar surface area (TPSA) is 24.9 Å². The molecule has 0 aliphatic heterocycles. The number of halogens is 3. The molecule has 2 aliphatic rings. The molecule has 1 heterocycles. The van der Waals surface area contributed by atoms with Crippen LogP contribution in [0, 0.1) is 5.92 Å². The fraction of sp³-hybridized carbons (Fsp3) is 0.615. The molecular weight excluding hydrogens is 241 g/mol. The van der Waals surface area contributed by atoms with E-state index >= 15 is 0 Å². The minimum absolute atomic E-state index is 0.190. The Kier molecular flexibility index (Phi) is 2.81. The van der Waals surface area contributed by atoms with Gasteiger partial charge in [-0.1, -0.05) is 6.07 Å². The number of aryl methyl sites for hydroxylation is 1. The Morgan fingerprint density at radius 3 is 2.67 bits per heavy atom. The van der Waals surface area contributed by atoms with Crippen molar-refractivity contribution in [2.24, 2.45) is 5.92 Å². The van der Waals surface area contributed by atoms with Crippen LogP contribution < -0.4 is 5.32 Å². The monoisotopic (exact) mass is 256 g/mol. The molecule has 0 spiro atoms. The number of pyridine rings is 1. The van der Waals surface area contributed by atoms with Gasteiger partial charge in [0, 0.05) is 11.7 Å². The highest BCUT2D eigenvalue weighted by Gasteiger charge is 2.35. The smallest absolute Gasteiger partial charge is 0.310 e. The van der Waals surface area contributed by atoms with Crippen LogP contribution in [0.2, 0.25) is 0 Å². The van der Waals surface area contributed by atoms with E-state index in [1.807, 2.05) is 0 Å². The van der Waals surface area contributed by atoms with E-state index in [-0.39, 0.29) is 6.04 Å². The molecule has 5 heteroatoms. The highest BCUT2D eigenvalue weighted by Crippen LogP contribution is 2.35. The minimum atomic E-state index is -4.34. The summed E-state index contributed by atoms with van der Waals surface area (Å²) in [6, 6.07) is 2.87. The largest absolute Gasteiger partial charge is 0.433 e. The summed E-state index contributed by atoms with van der Waals surface area (Å²) in [6.07, 6.45) is -0.289. The predicted molar refractivity (Wildman–Crippen MR) is 61.0 cm³/mol. The lowest BCUT2D eigenvalue weighted by Crippen LogP contribution is -2.21. The van der Waals surface area contributed by atoms with Crippen LogP contribution in [0.5, 0.6) is 0 Å². The molecule has 0 aromatic carbocycles. The number of hydrogen-bond donors (Lipinski definition) is 1. The molecule has 0 bridgehead atoms. The number of fused-ring (bicyclic) bond motifs is 1. The maximum atomic E-state index is 12.5. The van der Waals surface area contributed by atoms with Crippen molar-refractivity contribution in [2.75, 3.05) is 6.54 Å². The average Bonchev–Trinajstić information content (AvgIpc) is 3.05. The van der Waals surface area contributed by atoms with Crippen LogP contribution in [0.4, 0.5) is 13.2 Å². The molecule has 1 N–H and O–H groups in total. The SMILES string of the molecule is FC(F)(F)c1ccc2c(n1)CC[C@H]2NCC1CC1. The van der Waals surface area contributed by atoms with E-state index in [2.05, 4.69) is 10.3 Å². The first-order valence-corrected chi connectivity index (χ1v) is 6.34. The van der Waals surface area contributed by atoms with Crippen LogP contribution >= 0.6 is 0 Å². The first-order chi connectivity index (χ1) is 8.54. The van der Waals surface area contributed by atoms with Crippen LogP contribution in [0.15, 0.2) is 12.1 Å². The lowest BCUT2D eigenvalue weighted by Gasteiger charge is -2.14.